The molecule has 0 aliphatic heterocycles. The summed E-state index contributed by atoms with van der Waals surface area (Å²) in [6, 6.07) is 6.45. The third kappa shape index (κ3) is 2.16. The fourth-order valence-corrected chi connectivity index (χ4v) is 2.24. The van der Waals surface area contributed by atoms with Gasteiger partial charge in [0.1, 0.15) is 6.33 Å². The molecule has 0 amide bonds. The molecule has 21 heavy (non-hydrogen) atoms. The fourth-order valence-electron chi connectivity index (χ4n) is 2.24. The third-order valence-electron chi connectivity index (χ3n) is 3.22. The molecule has 0 unspecified atom stereocenters. The minimum absolute atomic E-state index is 0.0395. The summed E-state index contributed by atoms with van der Waals surface area (Å²) < 4.78 is 3.45. The summed E-state index contributed by atoms with van der Waals surface area (Å²) in [7, 11) is 3.62. The molecule has 0 radical (unpaired) electrons. The van der Waals surface area contributed by atoms with Crippen LogP contribution in [0.2, 0.25) is 0 Å². The van der Waals surface area contributed by atoms with E-state index in [1.54, 1.807) is 34.9 Å². The molecule has 3 rings (SSSR count). The van der Waals surface area contributed by atoms with E-state index in [0.29, 0.717) is 11.4 Å². The van der Waals surface area contributed by atoms with Gasteiger partial charge in [-0.15, -0.1) is 10.2 Å². The van der Waals surface area contributed by atoms with Crippen LogP contribution in [0.1, 0.15) is 0 Å². The van der Waals surface area contributed by atoms with Crippen molar-refractivity contribution in [2.24, 2.45) is 14.1 Å². The van der Waals surface area contributed by atoms with E-state index in [4.69, 9.17) is 0 Å². The second kappa shape index (κ2) is 4.82. The Balaban J connectivity index is 2.20. The zero-order valence-electron chi connectivity index (χ0n) is 11.5. The fraction of sp³-hybridized carbons (Fsp3) is 0.154. The molecule has 0 saturated heterocycles. The van der Waals surface area contributed by atoms with E-state index >= 15 is 0 Å². The van der Waals surface area contributed by atoms with Gasteiger partial charge in [-0.1, -0.05) is 12.1 Å². The van der Waals surface area contributed by atoms with Gasteiger partial charge in [0.2, 0.25) is 0 Å². The molecular formula is C13H12N6O2. The monoisotopic (exact) mass is 284 g/mol. The molecule has 8 nitrogen and oxygen atoms in total. The van der Waals surface area contributed by atoms with Crippen LogP contribution in [0.4, 0.5) is 5.69 Å². The maximum Gasteiger partial charge on any atom is 0.270 e. The van der Waals surface area contributed by atoms with E-state index in [1.165, 1.54) is 12.1 Å². The molecule has 0 fully saturated rings. The first-order valence-corrected chi connectivity index (χ1v) is 6.19. The summed E-state index contributed by atoms with van der Waals surface area (Å²) in [5.41, 5.74) is 2.28. The van der Waals surface area contributed by atoms with Gasteiger partial charge in [0.05, 0.1) is 22.4 Å². The molecule has 0 aliphatic carbocycles. The largest absolute Gasteiger partial charge is 0.317 e. The van der Waals surface area contributed by atoms with Crippen LogP contribution in [0.3, 0.4) is 0 Å². The minimum Gasteiger partial charge on any atom is -0.317 e. The molecule has 0 atom stereocenters. The first-order valence-electron chi connectivity index (χ1n) is 6.19. The average molecular weight is 284 g/mol. The number of nitrogens with zero attached hydrogens (tertiary/aromatic N) is 6. The summed E-state index contributed by atoms with van der Waals surface area (Å²) in [6.07, 6.45) is 3.28. The summed E-state index contributed by atoms with van der Waals surface area (Å²) in [6.45, 7) is 0. The second-order valence-corrected chi connectivity index (χ2v) is 4.60. The van der Waals surface area contributed by atoms with E-state index in [2.05, 4.69) is 15.3 Å². The molecule has 0 saturated carbocycles. The maximum atomic E-state index is 10.9. The van der Waals surface area contributed by atoms with Crippen molar-refractivity contribution in [1.29, 1.82) is 0 Å². The van der Waals surface area contributed by atoms with E-state index in [1.807, 2.05) is 13.1 Å². The number of hydrogen-bond acceptors (Lipinski definition) is 5. The summed E-state index contributed by atoms with van der Waals surface area (Å²) >= 11 is 0. The predicted molar refractivity (Wildman–Crippen MR) is 75.3 cm³/mol. The van der Waals surface area contributed by atoms with Crippen LogP contribution in [0.25, 0.3) is 22.6 Å². The van der Waals surface area contributed by atoms with E-state index in [0.717, 1.165) is 11.3 Å². The van der Waals surface area contributed by atoms with Crippen molar-refractivity contribution in [3.05, 3.63) is 46.9 Å². The van der Waals surface area contributed by atoms with Crippen molar-refractivity contribution in [1.82, 2.24) is 24.5 Å². The first kappa shape index (κ1) is 13.0. The van der Waals surface area contributed by atoms with Crippen molar-refractivity contribution in [3.63, 3.8) is 0 Å². The van der Waals surface area contributed by atoms with Gasteiger partial charge in [-0.25, -0.2) is 0 Å². The van der Waals surface area contributed by atoms with Gasteiger partial charge in [-0.2, -0.15) is 5.10 Å². The topological polar surface area (TPSA) is 91.7 Å². The molecule has 106 valence electrons. The van der Waals surface area contributed by atoms with Crippen LogP contribution >= 0.6 is 0 Å². The van der Waals surface area contributed by atoms with Crippen LogP contribution in [0.5, 0.6) is 0 Å². The Morgan fingerprint density at radius 2 is 2.10 bits per heavy atom. The lowest BCUT2D eigenvalue weighted by Gasteiger charge is -2.06. The highest BCUT2D eigenvalue weighted by molar-refractivity contribution is 5.78. The van der Waals surface area contributed by atoms with Crippen LogP contribution in [-0.2, 0) is 14.1 Å². The third-order valence-corrected chi connectivity index (χ3v) is 3.22. The van der Waals surface area contributed by atoms with Gasteiger partial charge in [-0.3, -0.25) is 14.8 Å². The molecule has 2 aromatic heterocycles. The first-order chi connectivity index (χ1) is 10.1. The SMILES string of the molecule is Cn1cnnc1-c1cnn(C)c1-c1cccc([N+](=O)[O-])c1. The standard InChI is InChI=1S/C13H12N6O2/c1-17-8-14-16-13(17)11-7-15-18(2)12(11)9-4-3-5-10(6-9)19(20)21/h3-8H,1-2H3. The second-order valence-electron chi connectivity index (χ2n) is 4.60. The van der Waals surface area contributed by atoms with Gasteiger partial charge < -0.3 is 4.57 Å². The number of hydrogen-bond donors (Lipinski definition) is 0. The van der Waals surface area contributed by atoms with Gasteiger partial charge in [0.25, 0.3) is 5.69 Å². The van der Waals surface area contributed by atoms with E-state index in [-0.39, 0.29) is 5.69 Å². The summed E-state index contributed by atoms with van der Waals surface area (Å²) in [5.74, 6) is 0.657. The van der Waals surface area contributed by atoms with Gasteiger partial charge >= 0.3 is 0 Å². The van der Waals surface area contributed by atoms with Crippen molar-refractivity contribution in [2.45, 2.75) is 0 Å². The highest BCUT2D eigenvalue weighted by Crippen LogP contribution is 2.31. The van der Waals surface area contributed by atoms with Crippen LogP contribution in [0, 0.1) is 10.1 Å². The van der Waals surface area contributed by atoms with Crippen molar-refractivity contribution < 1.29 is 4.92 Å². The summed E-state index contributed by atoms with van der Waals surface area (Å²) in [5, 5.41) is 23.1. The lowest BCUT2D eigenvalue weighted by Crippen LogP contribution is -1.97. The zero-order chi connectivity index (χ0) is 15.0. The number of benzene rings is 1. The quantitative estimate of drug-likeness (QED) is 0.540. The Labute approximate surface area is 119 Å². The average Bonchev–Trinajstić information content (AvgIpc) is 3.04. The van der Waals surface area contributed by atoms with Crippen molar-refractivity contribution >= 4 is 5.69 Å². The Hall–Kier alpha value is -3.03. The van der Waals surface area contributed by atoms with Gasteiger partial charge in [0, 0.05) is 31.8 Å². The number of nitro groups is 1. The van der Waals surface area contributed by atoms with Crippen molar-refractivity contribution in [2.75, 3.05) is 0 Å². The maximum absolute atomic E-state index is 10.9. The van der Waals surface area contributed by atoms with E-state index < -0.39 is 4.92 Å². The lowest BCUT2D eigenvalue weighted by atomic mass is 10.1. The molecule has 0 aliphatic rings. The molecular weight excluding hydrogens is 272 g/mol. The number of nitro benzene ring substituents is 1. The Morgan fingerprint density at radius 3 is 2.76 bits per heavy atom. The minimum atomic E-state index is -0.415. The highest BCUT2D eigenvalue weighted by atomic mass is 16.6. The Bertz CT molecular complexity index is 820. The predicted octanol–water partition coefficient (Wildman–Crippen LogP) is 1.79. The van der Waals surface area contributed by atoms with Crippen LogP contribution < -0.4 is 0 Å². The zero-order valence-corrected chi connectivity index (χ0v) is 11.5. The number of rotatable bonds is 3. The number of aromatic nitrogens is 5. The molecule has 0 N–H and O–H groups in total. The molecule has 8 heteroatoms. The van der Waals surface area contributed by atoms with Gasteiger partial charge in [0.15, 0.2) is 5.82 Å². The molecule has 0 spiro atoms. The van der Waals surface area contributed by atoms with Gasteiger partial charge in [-0.05, 0) is 0 Å². The molecule has 3 aromatic rings. The Kier molecular flexibility index (Phi) is 2.98. The number of aryl methyl sites for hydroxylation is 2. The Morgan fingerprint density at radius 1 is 1.29 bits per heavy atom. The molecule has 1 aromatic carbocycles. The number of non-ortho nitro benzene ring substituents is 1. The highest BCUT2D eigenvalue weighted by Gasteiger charge is 2.18. The smallest absolute Gasteiger partial charge is 0.270 e. The van der Waals surface area contributed by atoms with Crippen LogP contribution in [-0.4, -0.2) is 29.5 Å². The van der Waals surface area contributed by atoms with E-state index in [9.17, 15) is 10.1 Å². The lowest BCUT2D eigenvalue weighted by molar-refractivity contribution is -0.384. The summed E-state index contributed by atoms with van der Waals surface area (Å²) in [4.78, 5) is 10.5. The molecule has 0 bridgehead atoms. The van der Waals surface area contributed by atoms with Crippen LogP contribution in [0.15, 0.2) is 36.8 Å². The van der Waals surface area contributed by atoms with Crippen molar-refractivity contribution in [3.8, 4) is 22.6 Å². The molecule has 2 heterocycles. The normalized spacial score (nSPS) is 10.8.